The molecule has 0 saturated carbocycles. The summed E-state index contributed by atoms with van der Waals surface area (Å²) in [5, 5.41) is 0. The van der Waals surface area contributed by atoms with E-state index in [4.69, 9.17) is 11.5 Å². The summed E-state index contributed by atoms with van der Waals surface area (Å²) in [6.45, 7) is 0. The Kier molecular flexibility index (Phi) is 3.58. The van der Waals surface area contributed by atoms with Gasteiger partial charge in [0.2, 0.25) is 0 Å². The second-order valence-corrected chi connectivity index (χ2v) is 2.86. The Morgan fingerprint density at radius 2 is 2.20 bits per heavy atom. The molecule has 15 heavy (non-hydrogen) atoms. The number of benzene rings is 1. The van der Waals surface area contributed by atoms with Gasteiger partial charge in [-0.15, -0.1) is 0 Å². The Labute approximate surface area is 88.2 Å². The lowest BCUT2D eigenvalue weighted by molar-refractivity contribution is -0.139. The third-order valence-corrected chi connectivity index (χ3v) is 1.82. The molecule has 0 bridgehead atoms. The quantitative estimate of drug-likeness (QED) is 0.402. The number of nitrogens with two attached hydrogens (primary N) is 2. The summed E-state index contributed by atoms with van der Waals surface area (Å²) in [6.07, 6.45) is 0.0464. The van der Waals surface area contributed by atoms with Crippen molar-refractivity contribution in [1.29, 1.82) is 0 Å². The highest BCUT2D eigenvalue weighted by Gasteiger charge is 1.98. The van der Waals surface area contributed by atoms with Crippen LogP contribution >= 0.6 is 0 Å². The minimum absolute atomic E-state index is 0.0464. The number of anilines is 2. The molecule has 0 aromatic heterocycles. The molecule has 1 aromatic carbocycles. The van der Waals surface area contributed by atoms with Crippen LogP contribution in [0.5, 0.6) is 0 Å². The predicted octanol–water partition coefficient (Wildman–Crippen LogP) is 0.766. The van der Waals surface area contributed by atoms with Crippen LogP contribution in [0, 0.1) is 11.8 Å². The van der Waals surface area contributed by atoms with Crippen LogP contribution in [0.3, 0.4) is 0 Å². The van der Waals surface area contributed by atoms with E-state index >= 15 is 0 Å². The molecule has 78 valence electrons. The third kappa shape index (κ3) is 2.92. The lowest BCUT2D eigenvalue weighted by Gasteiger charge is -2.00. The van der Waals surface area contributed by atoms with Crippen LogP contribution in [0.2, 0.25) is 0 Å². The summed E-state index contributed by atoms with van der Waals surface area (Å²) in [5.41, 5.74) is 12.8. The molecule has 0 amide bonds. The topological polar surface area (TPSA) is 78.3 Å². The summed E-state index contributed by atoms with van der Waals surface area (Å²) in [7, 11) is 1.32. The number of ether oxygens (including phenoxy) is 1. The van der Waals surface area contributed by atoms with Crippen LogP contribution in [-0.4, -0.2) is 13.1 Å². The van der Waals surface area contributed by atoms with Gasteiger partial charge in [-0.2, -0.15) is 0 Å². The van der Waals surface area contributed by atoms with Crippen molar-refractivity contribution in [3.63, 3.8) is 0 Å². The van der Waals surface area contributed by atoms with Crippen LogP contribution < -0.4 is 11.5 Å². The number of methoxy groups -OCH3 is 1. The zero-order valence-corrected chi connectivity index (χ0v) is 8.41. The summed E-state index contributed by atoms with van der Waals surface area (Å²) >= 11 is 0. The van der Waals surface area contributed by atoms with Gasteiger partial charge >= 0.3 is 5.97 Å². The highest BCUT2D eigenvalue weighted by molar-refractivity contribution is 5.74. The molecule has 0 aliphatic carbocycles. The maximum Gasteiger partial charge on any atom is 0.317 e. The first kappa shape index (κ1) is 10.9. The van der Waals surface area contributed by atoms with Gasteiger partial charge in [-0.25, -0.2) is 0 Å². The molecule has 0 aliphatic rings. The van der Waals surface area contributed by atoms with Crippen LogP contribution in [0.15, 0.2) is 18.2 Å². The zero-order chi connectivity index (χ0) is 11.3. The van der Waals surface area contributed by atoms with Crippen LogP contribution in [-0.2, 0) is 9.53 Å². The lowest BCUT2D eigenvalue weighted by atomic mass is 10.1. The molecule has 0 saturated heterocycles. The molecule has 0 fully saturated rings. The van der Waals surface area contributed by atoms with Crippen molar-refractivity contribution in [2.24, 2.45) is 0 Å². The van der Waals surface area contributed by atoms with Crippen LogP contribution in [0.25, 0.3) is 0 Å². The summed E-state index contributed by atoms with van der Waals surface area (Å²) in [4.78, 5) is 10.8. The Balaban J connectivity index is 2.80. The molecule has 1 aromatic rings. The SMILES string of the molecule is COC(=O)CC#Cc1cccc(N)c1N. The standard InChI is InChI=1S/C11H12N2O2/c1-15-10(14)7-3-5-8-4-2-6-9(12)11(8)13/h2,4,6H,7,12-13H2,1H3. The van der Waals surface area contributed by atoms with Gasteiger partial charge in [0.25, 0.3) is 0 Å². The van der Waals surface area contributed by atoms with Crippen molar-refractivity contribution in [2.75, 3.05) is 18.6 Å². The molecular formula is C11H12N2O2. The third-order valence-electron chi connectivity index (χ3n) is 1.82. The molecule has 0 radical (unpaired) electrons. The van der Waals surface area contributed by atoms with Crippen molar-refractivity contribution >= 4 is 17.3 Å². The summed E-state index contributed by atoms with van der Waals surface area (Å²) < 4.78 is 4.44. The normalized spacial score (nSPS) is 8.87. The van der Waals surface area contributed by atoms with Crippen molar-refractivity contribution < 1.29 is 9.53 Å². The number of carbonyl (C=O) groups excluding carboxylic acids is 1. The highest BCUT2D eigenvalue weighted by atomic mass is 16.5. The van der Waals surface area contributed by atoms with Crippen LogP contribution in [0.4, 0.5) is 11.4 Å². The predicted molar refractivity (Wildman–Crippen MR) is 58.8 cm³/mol. The monoisotopic (exact) mass is 204 g/mol. The van der Waals surface area contributed by atoms with Gasteiger partial charge in [-0.3, -0.25) is 4.79 Å². The van der Waals surface area contributed by atoms with Gasteiger partial charge in [-0.05, 0) is 12.1 Å². The van der Waals surface area contributed by atoms with E-state index in [1.54, 1.807) is 18.2 Å². The van der Waals surface area contributed by atoms with Gasteiger partial charge in [0.1, 0.15) is 6.42 Å². The van der Waals surface area contributed by atoms with Crippen molar-refractivity contribution in [1.82, 2.24) is 0 Å². The molecule has 4 heteroatoms. The van der Waals surface area contributed by atoms with E-state index < -0.39 is 0 Å². The first-order valence-corrected chi connectivity index (χ1v) is 4.34. The molecular weight excluding hydrogens is 192 g/mol. The fourth-order valence-electron chi connectivity index (χ4n) is 0.976. The smallest absolute Gasteiger partial charge is 0.317 e. The van der Waals surface area contributed by atoms with E-state index in [2.05, 4.69) is 16.6 Å². The molecule has 0 spiro atoms. The average molecular weight is 204 g/mol. The van der Waals surface area contributed by atoms with E-state index in [-0.39, 0.29) is 12.4 Å². The number of carbonyl (C=O) groups is 1. The number of nitrogen functional groups attached to an aromatic ring is 2. The number of rotatable bonds is 1. The zero-order valence-electron chi connectivity index (χ0n) is 8.41. The Hall–Kier alpha value is -2.15. The fraction of sp³-hybridized carbons (Fsp3) is 0.182. The first-order valence-electron chi connectivity index (χ1n) is 4.34. The maximum atomic E-state index is 10.8. The average Bonchev–Trinajstić information content (AvgIpc) is 2.24. The first-order chi connectivity index (χ1) is 7.15. The molecule has 0 unspecified atom stereocenters. The van der Waals surface area contributed by atoms with E-state index in [9.17, 15) is 4.79 Å². The maximum absolute atomic E-state index is 10.8. The largest absolute Gasteiger partial charge is 0.468 e. The van der Waals surface area contributed by atoms with Crippen molar-refractivity contribution in [2.45, 2.75) is 6.42 Å². The van der Waals surface area contributed by atoms with E-state index in [1.165, 1.54) is 7.11 Å². The minimum atomic E-state index is -0.370. The highest BCUT2D eigenvalue weighted by Crippen LogP contribution is 2.17. The molecule has 0 heterocycles. The van der Waals surface area contributed by atoms with E-state index in [1.807, 2.05) is 0 Å². The molecule has 1 rings (SSSR count). The van der Waals surface area contributed by atoms with E-state index in [0.29, 0.717) is 16.9 Å². The van der Waals surface area contributed by atoms with Gasteiger partial charge in [0.05, 0.1) is 18.5 Å². The minimum Gasteiger partial charge on any atom is -0.468 e. The molecule has 4 nitrogen and oxygen atoms in total. The van der Waals surface area contributed by atoms with Crippen molar-refractivity contribution in [3.05, 3.63) is 23.8 Å². The molecule has 4 N–H and O–H groups in total. The summed E-state index contributed by atoms with van der Waals surface area (Å²) in [5.74, 6) is 5.05. The van der Waals surface area contributed by atoms with Gasteiger partial charge in [0, 0.05) is 5.56 Å². The Morgan fingerprint density at radius 3 is 2.87 bits per heavy atom. The summed E-state index contributed by atoms with van der Waals surface area (Å²) in [6, 6.07) is 5.20. The fourth-order valence-corrected chi connectivity index (χ4v) is 0.976. The number of hydrogen-bond acceptors (Lipinski definition) is 4. The number of esters is 1. The number of hydrogen-bond donors (Lipinski definition) is 2. The molecule has 0 aliphatic heterocycles. The molecule has 0 atom stereocenters. The van der Waals surface area contributed by atoms with Gasteiger partial charge < -0.3 is 16.2 Å². The lowest BCUT2D eigenvalue weighted by Crippen LogP contribution is -1.98. The van der Waals surface area contributed by atoms with Gasteiger partial charge in [0.15, 0.2) is 0 Å². The Morgan fingerprint density at radius 1 is 1.47 bits per heavy atom. The number of para-hydroxylation sites is 1. The second kappa shape index (κ2) is 4.91. The van der Waals surface area contributed by atoms with Gasteiger partial charge in [-0.1, -0.05) is 17.9 Å². The van der Waals surface area contributed by atoms with Crippen LogP contribution in [0.1, 0.15) is 12.0 Å². The van der Waals surface area contributed by atoms with E-state index in [0.717, 1.165) is 0 Å². The van der Waals surface area contributed by atoms with Crippen molar-refractivity contribution in [3.8, 4) is 11.8 Å². The Bertz CT molecular complexity index is 430. The second-order valence-electron chi connectivity index (χ2n) is 2.86.